The van der Waals surface area contributed by atoms with Crippen molar-refractivity contribution < 1.29 is 18.8 Å². The number of rotatable bonds is 5. The quantitative estimate of drug-likeness (QED) is 0.769. The summed E-state index contributed by atoms with van der Waals surface area (Å²) >= 11 is 0. The number of carbonyl (C=O) groups excluding carboxylic acids is 2. The van der Waals surface area contributed by atoms with Crippen LogP contribution in [0.25, 0.3) is 0 Å². The van der Waals surface area contributed by atoms with Crippen LogP contribution in [0.2, 0.25) is 0 Å². The fourth-order valence-corrected chi connectivity index (χ4v) is 4.51. The number of hydrogen-bond donors (Lipinski definition) is 1. The summed E-state index contributed by atoms with van der Waals surface area (Å²) in [7, 11) is 3.28. The van der Waals surface area contributed by atoms with Crippen molar-refractivity contribution in [3.63, 3.8) is 0 Å². The highest BCUT2D eigenvalue weighted by molar-refractivity contribution is 5.92. The van der Waals surface area contributed by atoms with E-state index in [9.17, 15) is 9.59 Å². The van der Waals surface area contributed by atoms with Gasteiger partial charge in [0.05, 0.1) is 5.41 Å². The highest BCUT2D eigenvalue weighted by atomic mass is 16.5. The summed E-state index contributed by atoms with van der Waals surface area (Å²) in [5.41, 5.74) is -0.0636. The lowest BCUT2D eigenvalue weighted by molar-refractivity contribution is -0.134. The number of aromatic nitrogens is 4. The predicted octanol–water partition coefficient (Wildman–Crippen LogP) is 0.0465. The molecule has 2 amide bonds. The fraction of sp³-hybridized carbons (Fsp3) is 0.611. The van der Waals surface area contributed by atoms with Crippen molar-refractivity contribution >= 4 is 11.8 Å². The lowest BCUT2D eigenvalue weighted by Gasteiger charge is -2.25. The van der Waals surface area contributed by atoms with Crippen molar-refractivity contribution in [1.82, 2.24) is 30.1 Å². The first-order chi connectivity index (χ1) is 13.4. The summed E-state index contributed by atoms with van der Waals surface area (Å²) in [4.78, 5) is 31.1. The zero-order valence-corrected chi connectivity index (χ0v) is 16.2. The lowest BCUT2D eigenvalue weighted by atomic mass is 9.80. The monoisotopic (exact) mass is 388 g/mol. The summed E-state index contributed by atoms with van der Waals surface area (Å²) in [5, 5.41) is 11.2. The van der Waals surface area contributed by atoms with Crippen LogP contribution >= 0.6 is 0 Å². The number of ether oxygens (including phenoxy) is 1. The van der Waals surface area contributed by atoms with Gasteiger partial charge >= 0.3 is 0 Å². The second-order valence-corrected chi connectivity index (χ2v) is 7.69. The van der Waals surface area contributed by atoms with Crippen molar-refractivity contribution in [2.75, 3.05) is 26.8 Å². The van der Waals surface area contributed by atoms with Gasteiger partial charge in [-0.15, -0.1) is 0 Å². The van der Waals surface area contributed by atoms with Crippen LogP contribution in [-0.2, 0) is 22.0 Å². The van der Waals surface area contributed by atoms with E-state index in [0.717, 1.165) is 6.42 Å². The van der Waals surface area contributed by atoms with Crippen LogP contribution in [-0.4, -0.2) is 69.5 Å². The van der Waals surface area contributed by atoms with Crippen molar-refractivity contribution in [3.05, 3.63) is 29.7 Å². The Morgan fingerprint density at radius 1 is 1.46 bits per heavy atom. The molecule has 0 spiro atoms. The van der Waals surface area contributed by atoms with Crippen molar-refractivity contribution in [1.29, 1.82) is 0 Å². The molecule has 1 saturated heterocycles. The van der Waals surface area contributed by atoms with Gasteiger partial charge in [0.15, 0.2) is 5.82 Å². The van der Waals surface area contributed by atoms with Gasteiger partial charge in [-0.25, -0.2) is 0 Å². The molecule has 0 bridgehead atoms. The zero-order valence-electron chi connectivity index (χ0n) is 16.2. The molecular weight excluding hydrogens is 364 g/mol. The molecule has 4 rings (SSSR count). The maximum Gasteiger partial charge on any atom is 0.271 e. The number of likely N-dealkylation sites (tertiary alicyclic amines) is 1. The predicted molar refractivity (Wildman–Crippen MR) is 96.4 cm³/mol. The second kappa shape index (κ2) is 7.01. The minimum absolute atomic E-state index is 0.0471. The molecule has 0 radical (unpaired) electrons. The van der Waals surface area contributed by atoms with E-state index in [2.05, 4.69) is 20.6 Å². The molecule has 2 aromatic heterocycles. The van der Waals surface area contributed by atoms with Crippen LogP contribution in [0.5, 0.6) is 0 Å². The Bertz CT molecular complexity index is 892. The summed E-state index contributed by atoms with van der Waals surface area (Å²) in [6.07, 6.45) is 3.10. The molecule has 3 heterocycles. The molecule has 0 aromatic carbocycles. The third-order valence-corrected chi connectivity index (χ3v) is 5.73. The van der Waals surface area contributed by atoms with E-state index in [0.29, 0.717) is 36.9 Å². The average molecular weight is 388 g/mol. The van der Waals surface area contributed by atoms with Crippen molar-refractivity contribution in [3.8, 4) is 0 Å². The molecule has 1 aliphatic carbocycles. The number of nitrogens with zero attached hydrogens (tertiary/aromatic N) is 5. The maximum atomic E-state index is 12.5. The van der Waals surface area contributed by atoms with Gasteiger partial charge in [-0.1, -0.05) is 5.16 Å². The summed E-state index contributed by atoms with van der Waals surface area (Å²) in [5.74, 6) is 0.974. The third-order valence-electron chi connectivity index (χ3n) is 5.73. The van der Waals surface area contributed by atoms with E-state index in [1.165, 1.54) is 7.11 Å². The number of aryl methyl sites for hydroxylation is 2. The first-order valence-electron chi connectivity index (χ1n) is 9.29. The van der Waals surface area contributed by atoms with Crippen LogP contribution in [0.4, 0.5) is 0 Å². The van der Waals surface area contributed by atoms with Crippen LogP contribution in [0, 0.1) is 12.8 Å². The first kappa shape index (κ1) is 18.6. The number of fused-ring (bicyclic) bond motifs is 1. The number of carbonyl (C=O) groups is 2. The zero-order chi connectivity index (χ0) is 19.9. The standard InChI is InChI=1S/C18H24N6O4/c1-11-19-17(28-22-11)18-7-13(20-16(26)14-4-5-23(2)21-14)6-12(18)8-24(10-18)15(25)9-27-3/h4-5,12-13H,6-10H2,1-3H3,(H,20,26)/t12-,13+,18-/m0/s1. The number of amides is 2. The molecular formula is C18H24N6O4. The molecule has 2 aliphatic rings. The average Bonchev–Trinajstić information content (AvgIpc) is 3.38. The minimum atomic E-state index is -0.452. The van der Waals surface area contributed by atoms with Gasteiger partial charge in [-0.05, 0) is 31.7 Å². The first-order valence-corrected chi connectivity index (χ1v) is 9.29. The van der Waals surface area contributed by atoms with Gasteiger partial charge in [0, 0.05) is 39.5 Å². The van der Waals surface area contributed by atoms with Crippen LogP contribution in [0.3, 0.4) is 0 Å². The van der Waals surface area contributed by atoms with Crippen molar-refractivity contribution in [2.45, 2.75) is 31.2 Å². The highest BCUT2D eigenvalue weighted by Gasteiger charge is 2.58. The maximum absolute atomic E-state index is 12.5. The third kappa shape index (κ3) is 3.17. The van der Waals surface area contributed by atoms with Gasteiger partial charge < -0.3 is 19.5 Å². The van der Waals surface area contributed by atoms with E-state index in [4.69, 9.17) is 9.26 Å². The molecule has 10 nitrogen and oxygen atoms in total. The molecule has 1 N–H and O–H groups in total. The van der Waals surface area contributed by atoms with Gasteiger partial charge in [-0.2, -0.15) is 10.1 Å². The smallest absolute Gasteiger partial charge is 0.271 e. The van der Waals surface area contributed by atoms with E-state index < -0.39 is 5.41 Å². The van der Waals surface area contributed by atoms with Crippen LogP contribution < -0.4 is 5.32 Å². The summed E-state index contributed by atoms with van der Waals surface area (Å²) in [6.45, 7) is 2.89. The minimum Gasteiger partial charge on any atom is -0.375 e. The fourth-order valence-electron chi connectivity index (χ4n) is 4.51. The molecule has 1 aliphatic heterocycles. The Balaban J connectivity index is 1.54. The van der Waals surface area contributed by atoms with Gasteiger partial charge in [0.1, 0.15) is 12.3 Å². The topological polar surface area (TPSA) is 115 Å². The van der Waals surface area contributed by atoms with Crippen LogP contribution in [0.1, 0.15) is 35.0 Å². The Kier molecular flexibility index (Phi) is 4.66. The van der Waals surface area contributed by atoms with E-state index >= 15 is 0 Å². The Labute approximate surface area is 162 Å². The van der Waals surface area contributed by atoms with E-state index in [1.54, 1.807) is 35.8 Å². The molecule has 0 unspecified atom stereocenters. The van der Waals surface area contributed by atoms with E-state index in [1.807, 2.05) is 0 Å². The second-order valence-electron chi connectivity index (χ2n) is 7.69. The highest BCUT2D eigenvalue weighted by Crippen LogP contribution is 2.50. The van der Waals surface area contributed by atoms with Gasteiger partial charge in [-0.3, -0.25) is 14.3 Å². The molecule has 2 aromatic rings. The number of hydrogen-bond acceptors (Lipinski definition) is 7. The molecule has 150 valence electrons. The van der Waals surface area contributed by atoms with Crippen molar-refractivity contribution in [2.24, 2.45) is 13.0 Å². The summed E-state index contributed by atoms with van der Waals surface area (Å²) in [6, 6.07) is 1.64. The summed E-state index contributed by atoms with van der Waals surface area (Å²) < 4.78 is 12.1. The lowest BCUT2D eigenvalue weighted by Crippen LogP contribution is -2.40. The Morgan fingerprint density at radius 3 is 2.93 bits per heavy atom. The van der Waals surface area contributed by atoms with Gasteiger partial charge in [0.25, 0.3) is 5.91 Å². The molecule has 10 heteroatoms. The molecule has 1 saturated carbocycles. The molecule has 28 heavy (non-hydrogen) atoms. The van der Waals surface area contributed by atoms with Crippen LogP contribution in [0.15, 0.2) is 16.8 Å². The molecule has 2 fully saturated rings. The largest absolute Gasteiger partial charge is 0.375 e. The Morgan fingerprint density at radius 2 is 2.29 bits per heavy atom. The SMILES string of the molecule is COCC(=O)N1C[C@@H]2C[C@@H](NC(=O)c3ccn(C)n3)C[C@]2(c2nc(C)no2)C1. The van der Waals surface area contributed by atoms with Gasteiger partial charge in [0.2, 0.25) is 11.8 Å². The molecule has 3 atom stereocenters. The number of nitrogens with one attached hydrogen (secondary N) is 1. The van der Waals surface area contributed by atoms with E-state index in [-0.39, 0.29) is 30.4 Å². The Hall–Kier alpha value is -2.75. The number of methoxy groups -OCH3 is 1. The normalized spacial score (nSPS) is 26.5.